The van der Waals surface area contributed by atoms with Crippen LogP contribution < -0.4 is 5.73 Å². The van der Waals surface area contributed by atoms with Crippen LogP contribution in [0, 0.1) is 6.92 Å². The van der Waals surface area contributed by atoms with Crippen molar-refractivity contribution in [3.05, 3.63) is 29.3 Å². The number of rotatable bonds is 2. The molecule has 0 radical (unpaired) electrons. The van der Waals surface area contributed by atoms with Crippen molar-refractivity contribution in [1.82, 2.24) is 0 Å². The Labute approximate surface area is 91.2 Å². The van der Waals surface area contributed by atoms with Crippen LogP contribution in [0.25, 0.3) is 0 Å². The Morgan fingerprint density at radius 2 is 2.00 bits per heavy atom. The molecule has 0 aliphatic carbocycles. The standard InChI is InChI=1S/C10H13NO2.C2H6/c1-3-13-10(12)8-4-5-9(11)7(2)6-8;1-2/h4-6H,3,11H2,1-2H3;1-2H3. The first kappa shape index (κ1) is 13.5. The minimum atomic E-state index is -0.300. The summed E-state index contributed by atoms with van der Waals surface area (Å²) in [5.74, 6) is -0.300. The summed E-state index contributed by atoms with van der Waals surface area (Å²) < 4.78 is 4.84. The molecule has 2 N–H and O–H groups in total. The fourth-order valence-corrected chi connectivity index (χ4v) is 1.02. The zero-order valence-corrected chi connectivity index (χ0v) is 9.83. The van der Waals surface area contributed by atoms with Gasteiger partial charge < -0.3 is 10.5 Å². The first-order valence-electron chi connectivity index (χ1n) is 5.18. The Kier molecular flexibility index (Phi) is 6.18. The maximum Gasteiger partial charge on any atom is 0.338 e. The Morgan fingerprint density at radius 3 is 2.47 bits per heavy atom. The number of nitrogens with two attached hydrogens (primary N) is 1. The number of hydrogen-bond acceptors (Lipinski definition) is 3. The summed E-state index contributed by atoms with van der Waals surface area (Å²) >= 11 is 0. The first-order chi connectivity index (χ1) is 7.15. The third kappa shape index (κ3) is 4.02. The van der Waals surface area contributed by atoms with Crippen LogP contribution in [0.2, 0.25) is 0 Å². The molecular formula is C12H19NO2. The van der Waals surface area contributed by atoms with E-state index in [2.05, 4.69) is 0 Å². The molecule has 0 spiro atoms. The molecule has 0 aromatic heterocycles. The lowest BCUT2D eigenvalue weighted by molar-refractivity contribution is 0.0526. The van der Waals surface area contributed by atoms with E-state index in [-0.39, 0.29) is 5.97 Å². The van der Waals surface area contributed by atoms with Crippen LogP contribution in [-0.4, -0.2) is 12.6 Å². The summed E-state index contributed by atoms with van der Waals surface area (Å²) in [5.41, 5.74) is 7.74. The molecule has 84 valence electrons. The number of esters is 1. The highest BCUT2D eigenvalue weighted by Gasteiger charge is 2.06. The van der Waals surface area contributed by atoms with E-state index in [4.69, 9.17) is 10.5 Å². The Balaban J connectivity index is 0.000000921. The molecule has 0 atom stereocenters. The van der Waals surface area contributed by atoms with Gasteiger partial charge in [0.2, 0.25) is 0 Å². The summed E-state index contributed by atoms with van der Waals surface area (Å²) in [6.45, 7) is 8.03. The SMILES string of the molecule is CC.CCOC(=O)c1ccc(N)c(C)c1. The molecule has 0 saturated carbocycles. The zero-order chi connectivity index (χ0) is 11.8. The average Bonchev–Trinajstić information content (AvgIpc) is 2.25. The normalized spacial score (nSPS) is 8.80. The van der Waals surface area contributed by atoms with Crippen LogP contribution in [-0.2, 0) is 4.74 Å². The molecule has 1 aromatic carbocycles. The maximum atomic E-state index is 11.2. The molecule has 1 rings (SSSR count). The van der Waals surface area contributed by atoms with Crippen molar-refractivity contribution in [2.24, 2.45) is 0 Å². The van der Waals surface area contributed by atoms with Crippen LogP contribution in [0.5, 0.6) is 0 Å². The fourth-order valence-electron chi connectivity index (χ4n) is 1.02. The summed E-state index contributed by atoms with van der Waals surface area (Å²) in [6.07, 6.45) is 0. The van der Waals surface area contributed by atoms with Gasteiger partial charge in [0.05, 0.1) is 12.2 Å². The van der Waals surface area contributed by atoms with E-state index in [0.717, 1.165) is 5.56 Å². The van der Waals surface area contributed by atoms with Gasteiger partial charge in [-0.2, -0.15) is 0 Å². The second kappa shape index (κ2) is 6.87. The van der Waals surface area contributed by atoms with E-state index < -0.39 is 0 Å². The number of benzene rings is 1. The second-order valence-electron chi connectivity index (χ2n) is 2.79. The highest BCUT2D eigenvalue weighted by molar-refractivity contribution is 5.90. The second-order valence-corrected chi connectivity index (χ2v) is 2.79. The van der Waals surface area contributed by atoms with Gasteiger partial charge >= 0.3 is 5.97 Å². The summed E-state index contributed by atoms with van der Waals surface area (Å²) in [6, 6.07) is 5.11. The Bertz CT molecular complexity index is 321. The highest BCUT2D eigenvalue weighted by Crippen LogP contribution is 2.13. The fraction of sp³-hybridized carbons (Fsp3) is 0.417. The van der Waals surface area contributed by atoms with Crippen LogP contribution in [0.3, 0.4) is 0 Å². The molecule has 15 heavy (non-hydrogen) atoms. The smallest absolute Gasteiger partial charge is 0.338 e. The van der Waals surface area contributed by atoms with E-state index in [0.29, 0.717) is 17.9 Å². The van der Waals surface area contributed by atoms with Gasteiger partial charge in [-0.1, -0.05) is 13.8 Å². The van der Waals surface area contributed by atoms with E-state index >= 15 is 0 Å². The number of carbonyl (C=O) groups is 1. The molecule has 0 heterocycles. The lowest BCUT2D eigenvalue weighted by atomic mass is 10.1. The van der Waals surface area contributed by atoms with Crippen LogP contribution in [0.4, 0.5) is 5.69 Å². The molecule has 3 heteroatoms. The number of aryl methyl sites for hydroxylation is 1. The third-order valence-corrected chi connectivity index (χ3v) is 1.78. The van der Waals surface area contributed by atoms with Gasteiger partial charge in [-0.25, -0.2) is 4.79 Å². The van der Waals surface area contributed by atoms with Gasteiger partial charge in [-0.05, 0) is 37.6 Å². The molecule has 3 nitrogen and oxygen atoms in total. The molecule has 0 amide bonds. The van der Waals surface area contributed by atoms with Crippen molar-refractivity contribution in [3.63, 3.8) is 0 Å². The van der Waals surface area contributed by atoms with Gasteiger partial charge in [0.15, 0.2) is 0 Å². The van der Waals surface area contributed by atoms with Crippen LogP contribution in [0.15, 0.2) is 18.2 Å². The lowest BCUT2D eigenvalue weighted by Gasteiger charge is -2.04. The molecule has 0 aliphatic heterocycles. The number of carbonyl (C=O) groups excluding carboxylic acids is 1. The molecular weight excluding hydrogens is 190 g/mol. The predicted molar refractivity (Wildman–Crippen MR) is 62.9 cm³/mol. The molecule has 0 unspecified atom stereocenters. The van der Waals surface area contributed by atoms with Crippen molar-refractivity contribution in [2.75, 3.05) is 12.3 Å². The van der Waals surface area contributed by atoms with Gasteiger partial charge in [-0.15, -0.1) is 0 Å². The number of nitrogen functional groups attached to an aromatic ring is 1. The molecule has 0 fully saturated rings. The first-order valence-corrected chi connectivity index (χ1v) is 5.18. The maximum absolute atomic E-state index is 11.2. The average molecular weight is 209 g/mol. The molecule has 0 saturated heterocycles. The largest absolute Gasteiger partial charge is 0.462 e. The minimum absolute atomic E-state index is 0.300. The van der Waals surface area contributed by atoms with Gasteiger partial charge in [0.1, 0.15) is 0 Å². The monoisotopic (exact) mass is 209 g/mol. The summed E-state index contributed by atoms with van der Waals surface area (Å²) in [4.78, 5) is 11.2. The molecule has 0 aliphatic rings. The van der Waals surface area contributed by atoms with Crippen LogP contribution in [0.1, 0.15) is 36.7 Å². The summed E-state index contributed by atoms with van der Waals surface area (Å²) in [5, 5.41) is 0. The zero-order valence-electron chi connectivity index (χ0n) is 9.83. The highest BCUT2D eigenvalue weighted by atomic mass is 16.5. The van der Waals surface area contributed by atoms with E-state index in [9.17, 15) is 4.79 Å². The lowest BCUT2D eigenvalue weighted by Crippen LogP contribution is -2.05. The van der Waals surface area contributed by atoms with E-state index in [1.54, 1.807) is 25.1 Å². The minimum Gasteiger partial charge on any atom is -0.462 e. The number of ether oxygens (including phenoxy) is 1. The number of anilines is 1. The van der Waals surface area contributed by atoms with Gasteiger partial charge in [0.25, 0.3) is 0 Å². The van der Waals surface area contributed by atoms with Crippen LogP contribution >= 0.6 is 0 Å². The quantitative estimate of drug-likeness (QED) is 0.602. The van der Waals surface area contributed by atoms with Crippen molar-refractivity contribution < 1.29 is 9.53 Å². The number of hydrogen-bond donors (Lipinski definition) is 1. The van der Waals surface area contributed by atoms with Gasteiger partial charge in [0, 0.05) is 5.69 Å². The predicted octanol–water partition coefficient (Wildman–Crippen LogP) is 2.78. The van der Waals surface area contributed by atoms with Crippen molar-refractivity contribution in [3.8, 4) is 0 Å². The topological polar surface area (TPSA) is 52.3 Å². The summed E-state index contributed by atoms with van der Waals surface area (Å²) in [7, 11) is 0. The third-order valence-electron chi connectivity index (χ3n) is 1.78. The molecule has 0 bridgehead atoms. The van der Waals surface area contributed by atoms with Crippen molar-refractivity contribution in [2.45, 2.75) is 27.7 Å². The molecule has 1 aromatic rings. The Hall–Kier alpha value is -1.51. The van der Waals surface area contributed by atoms with Crippen molar-refractivity contribution >= 4 is 11.7 Å². The van der Waals surface area contributed by atoms with E-state index in [1.165, 1.54) is 0 Å². The Morgan fingerprint density at radius 1 is 1.40 bits per heavy atom. The van der Waals surface area contributed by atoms with Crippen molar-refractivity contribution in [1.29, 1.82) is 0 Å². The van der Waals surface area contributed by atoms with E-state index in [1.807, 2.05) is 20.8 Å². The van der Waals surface area contributed by atoms with Gasteiger partial charge in [-0.3, -0.25) is 0 Å².